The molecule has 1 heterocycles. The molecule has 22 heavy (non-hydrogen) atoms. The second-order valence-electron chi connectivity index (χ2n) is 5.71. The number of hydrogen-bond donors (Lipinski definition) is 1. The molecule has 116 valence electrons. The third-order valence-electron chi connectivity index (χ3n) is 3.98. The van der Waals surface area contributed by atoms with Gasteiger partial charge in [0.25, 0.3) is 0 Å². The zero-order chi connectivity index (χ0) is 15.7. The molecule has 1 atom stereocenters. The van der Waals surface area contributed by atoms with Crippen LogP contribution in [0.2, 0.25) is 10.0 Å². The Morgan fingerprint density at radius 2 is 2.14 bits per heavy atom. The van der Waals surface area contributed by atoms with Gasteiger partial charge in [0.15, 0.2) is 0 Å². The number of hydrogen-bond acceptors (Lipinski definition) is 2. The summed E-state index contributed by atoms with van der Waals surface area (Å²) in [5.41, 5.74) is 0.827. The van der Waals surface area contributed by atoms with E-state index >= 15 is 0 Å². The number of amides is 1. The lowest BCUT2D eigenvalue weighted by atomic mass is 10.1. The van der Waals surface area contributed by atoms with Crippen molar-refractivity contribution in [2.24, 2.45) is 5.92 Å². The summed E-state index contributed by atoms with van der Waals surface area (Å²) in [4.78, 5) is 12.2. The Balaban J connectivity index is 1.66. The molecule has 1 aliphatic rings. The Morgan fingerprint density at radius 1 is 1.36 bits per heavy atom. The van der Waals surface area contributed by atoms with Crippen LogP contribution in [0.3, 0.4) is 0 Å². The summed E-state index contributed by atoms with van der Waals surface area (Å²) < 4.78 is 1.89. The van der Waals surface area contributed by atoms with E-state index in [4.69, 9.17) is 23.2 Å². The third kappa shape index (κ3) is 3.45. The van der Waals surface area contributed by atoms with Crippen LogP contribution >= 0.6 is 23.2 Å². The fourth-order valence-corrected chi connectivity index (χ4v) is 2.86. The zero-order valence-electron chi connectivity index (χ0n) is 12.2. The van der Waals surface area contributed by atoms with E-state index in [9.17, 15) is 4.79 Å². The van der Waals surface area contributed by atoms with E-state index in [1.54, 1.807) is 24.4 Å². The number of anilines is 1. The summed E-state index contributed by atoms with van der Waals surface area (Å²) in [5.74, 6) is 1.32. The van der Waals surface area contributed by atoms with Crippen molar-refractivity contribution in [2.45, 2.75) is 32.2 Å². The Kier molecular flexibility index (Phi) is 4.41. The van der Waals surface area contributed by atoms with Gasteiger partial charge in [0.05, 0.1) is 28.7 Å². The monoisotopic (exact) mass is 337 g/mol. The topological polar surface area (TPSA) is 46.9 Å². The van der Waals surface area contributed by atoms with Crippen LogP contribution in [0.4, 0.5) is 5.82 Å². The summed E-state index contributed by atoms with van der Waals surface area (Å²) in [7, 11) is 0. The van der Waals surface area contributed by atoms with Crippen molar-refractivity contribution < 1.29 is 4.79 Å². The number of halogens is 2. The second-order valence-corrected chi connectivity index (χ2v) is 6.53. The first-order chi connectivity index (χ1) is 10.5. The largest absolute Gasteiger partial charge is 0.311 e. The highest BCUT2D eigenvalue weighted by atomic mass is 35.5. The predicted octanol–water partition coefficient (Wildman–Crippen LogP) is 4.34. The van der Waals surface area contributed by atoms with Crippen LogP contribution in [0.25, 0.3) is 0 Å². The van der Waals surface area contributed by atoms with Crippen LogP contribution in [0.1, 0.15) is 31.4 Å². The summed E-state index contributed by atoms with van der Waals surface area (Å²) >= 11 is 11.9. The van der Waals surface area contributed by atoms with Crippen LogP contribution < -0.4 is 5.32 Å². The first kappa shape index (κ1) is 15.4. The molecule has 0 radical (unpaired) electrons. The highest BCUT2D eigenvalue weighted by Crippen LogP contribution is 2.40. The standard InChI is InChI=1S/C16H17Cl2N3O/c1-10(12-3-4-12)21-15(6-7-19-21)20-16(22)9-11-2-5-13(17)14(18)8-11/h2,5-8,10,12H,3-4,9H2,1H3,(H,20,22). The molecule has 0 saturated heterocycles. The average Bonchev–Trinajstić information content (AvgIpc) is 3.23. The Morgan fingerprint density at radius 3 is 2.82 bits per heavy atom. The van der Waals surface area contributed by atoms with Crippen molar-refractivity contribution in [1.29, 1.82) is 0 Å². The van der Waals surface area contributed by atoms with E-state index in [1.165, 1.54) is 12.8 Å². The minimum atomic E-state index is -0.0943. The lowest BCUT2D eigenvalue weighted by Crippen LogP contribution is -2.19. The van der Waals surface area contributed by atoms with E-state index in [1.807, 2.05) is 10.7 Å². The molecule has 1 unspecified atom stereocenters. The van der Waals surface area contributed by atoms with Gasteiger partial charge in [-0.05, 0) is 43.4 Å². The van der Waals surface area contributed by atoms with Crippen molar-refractivity contribution in [1.82, 2.24) is 9.78 Å². The average molecular weight is 338 g/mol. The van der Waals surface area contributed by atoms with Gasteiger partial charge in [-0.2, -0.15) is 5.10 Å². The van der Waals surface area contributed by atoms with Gasteiger partial charge >= 0.3 is 0 Å². The summed E-state index contributed by atoms with van der Waals surface area (Å²) in [6.45, 7) is 2.14. The first-order valence-electron chi connectivity index (χ1n) is 7.32. The van der Waals surface area contributed by atoms with Crippen molar-refractivity contribution in [2.75, 3.05) is 5.32 Å². The Labute approximate surface area is 139 Å². The molecule has 1 aromatic carbocycles. The van der Waals surface area contributed by atoms with E-state index in [-0.39, 0.29) is 12.3 Å². The summed E-state index contributed by atoms with van der Waals surface area (Å²) in [6, 6.07) is 7.36. The molecule has 0 aliphatic heterocycles. The summed E-state index contributed by atoms with van der Waals surface area (Å²) in [6.07, 6.45) is 4.43. The SMILES string of the molecule is CC(C1CC1)n1nccc1NC(=O)Cc1ccc(Cl)c(Cl)c1. The molecule has 0 spiro atoms. The van der Waals surface area contributed by atoms with Crippen molar-refractivity contribution >= 4 is 34.9 Å². The molecule has 1 aromatic heterocycles. The highest BCUT2D eigenvalue weighted by Gasteiger charge is 2.30. The summed E-state index contributed by atoms with van der Waals surface area (Å²) in [5, 5.41) is 8.19. The fourth-order valence-electron chi connectivity index (χ4n) is 2.54. The van der Waals surface area contributed by atoms with Gasteiger partial charge in [-0.1, -0.05) is 29.3 Å². The first-order valence-corrected chi connectivity index (χ1v) is 8.07. The number of aromatic nitrogens is 2. The molecular formula is C16H17Cl2N3O. The van der Waals surface area contributed by atoms with Crippen LogP contribution in [-0.4, -0.2) is 15.7 Å². The van der Waals surface area contributed by atoms with Crippen LogP contribution in [0, 0.1) is 5.92 Å². The van der Waals surface area contributed by atoms with Gasteiger partial charge in [-0.15, -0.1) is 0 Å². The van der Waals surface area contributed by atoms with Crippen LogP contribution in [-0.2, 0) is 11.2 Å². The quantitative estimate of drug-likeness (QED) is 0.881. The van der Waals surface area contributed by atoms with Gasteiger partial charge in [0.2, 0.25) is 5.91 Å². The maximum Gasteiger partial charge on any atom is 0.229 e. The second kappa shape index (κ2) is 6.31. The Bertz CT molecular complexity index is 694. The zero-order valence-corrected chi connectivity index (χ0v) is 13.7. The normalized spacial score (nSPS) is 15.6. The smallest absolute Gasteiger partial charge is 0.229 e. The van der Waals surface area contributed by atoms with Crippen molar-refractivity contribution in [3.05, 3.63) is 46.1 Å². The van der Waals surface area contributed by atoms with Crippen LogP contribution in [0.5, 0.6) is 0 Å². The third-order valence-corrected chi connectivity index (χ3v) is 4.72. The number of nitrogens with one attached hydrogen (secondary N) is 1. The van der Waals surface area contributed by atoms with Crippen molar-refractivity contribution in [3.8, 4) is 0 Å². The predicted molar refractivity (Wildman–Crippen MR) is 88.5 cm³/mol. The maximum atomic E-state index is 12.2. The van der Waals surface area contributed by atoms with E-state index in [0.717, 1.165) is 11.4 Å². The Hall–Kier alpha value is -1.52. The molecule has 4 nitrogen and oxygen atoms in total. The molecule has 1 fully saturated rings. The molecule has 6 heteroatoms. The molecule has 1 aliphatic carbocycles. The van der Waals surface area contributed by atoms with Gasteiger partial charge in [0.1, 0.15) is 5.82 Å². The number of nitrogens with zero attached hydrogens (tertiary/aromatic N) is 2. The number of carbonyl (C=O) groups is 1. The highest BCUT2D eigenvalue weighted by molar-refractivity contribution is 6.42. The van der Waals surface area contributed by atoms with Gasteiger partial charge in [0, 0.05) is 6.07 Å². The maximum absolute atomic E-state index is 12.2. The lowest BCUT2D eigenvalue weighted by molar-refractivity contribution is -0.115. The van der Waals surface area contributed by atoms with Crippen LogP contribution in [0.15, 0.2) is 30.5 Å². The molecular weight excluding hydrogens is 321 g/mol. The molecule has 1 amide bonds. The molecule has 3 rings (SSSR count). The number of carbonyl (C=O) groups excluding carboxylic acids is 1. The van der Waals surface area contributed by atoms with Gasteiger partial charge in [-0.3, -0.25) is 4.79 Å². The minimum Gasteiger partial charge on any atom is -0.311 e. The fraction of sp³-hybridized carbons (Fsp3) is 0.375. The molecule has 2 aromatic rings. The molecule has 0 bridgehead atoms. The van der Waals surface area contributed by atoms with Crippen molar-refractivity contribution in [3.63, 3.8) is 0 Å². The number of rotatable bonds is 5. The van der Waals surface area contributed by atoms with E-state index in [0.29, 0.717) is 22.0 Å². The minimum absolute atomic E-state index is 0.0943. The molecule has 1 saturated carbocycles. The van der Waals surface area contributed by atoms with E-state index < -0.39 is 0 Å². The molecule has 1 N–H and O–H groups in total. The number of benzene rings is 1. The van der Waals surface area contributed by atoms with Gasteiger partial charge in [-0.25, -0.2) is 4.68 Å². The van der Waals surface area contributed by atoms with E-state index in [2.05, 4.69) is 17.3 Å². The van der Waals surface area contributed by atoms with Gasteiger partial charge < -0.3 is 5.32 Å². The lowest BCUT2D eigenvalue weighted by Gasteiger charge is -2.15.